The highest BCUT2D eigenvalue weighted by Gasteiger charge is 2.27. The van der Waals surface area contributed by atoms with E-state index in [0.717, 1.165) is 11.8 Å². The van der Waals surface area contributed by atoms with Gasteiger partial charge in [0.05, 0.1) is 4.91 Å². The molecule has 5 nitrogen and oxygen atoms in total. The normalized spacial score (nSPS) is 32.9. The number of ether oxygens (including phenoxy) is 1. The van der Waals surface area contributed by atoms with Crippen LogP contribution >= 0.6 is 24.0 Å². The van der Waals surface area contributed by atoms with Gasteiger partial charge < -0.3 is 15.2 Å². The van der Waals surface area contributed by atoms with Crippen molar-refractivity contribution in [1.29, 1.82) is 0 Å². The van der Waals surface area contributed by atoms with Gasteiger partial charge in [0.15, 0.2) is 6.23 Å². The Morgan fingerprint density at radius 1 is 1.73 bits per heavy atom. The van der Waals surface area contributed by atoms with E-state index in [-0.39, 0.29) is 17.9 Å². The molecular formula is C8H8N2O3S2. The van der Waals surface area contributed by atoms with E-state index in [1.54, 1.807) is 6.92 Å². The molecule has 0 aromatic carbocycles. The zero-order valence-electron chi connectivity index (χ0n) is 7.76. The molecule has 7 heteroatoms. The van der Waals surface area contributed by atoms with E-state index in [0.29, 0.717) is 9.23 Å². The van der Waals surface area contributed by atoms with Gasteiger partial charge in [-0.1, -0.05) is 24.0 Å². The third-order valence-corrected chi connectivity index (χ3v) is 3.05. The highest BCUT2D eigenvalue weighted by atomic mass is 32.2. The molecule has 15 heavy (non-hydrogen) atoms. The van der Waals surface area contributed by atoms with Crippen LogP contribution in [0, 0.1) is 0 Å². The zero-order valence-corrected chi connectivity index (χ0v) is 9.39. The van der Waals surface area contributed by atoms with Crippen LogP contribution in [0.15, 0.2) is 16.0 Å². The number of nitrogens with one attached hydrogen (secondary N) is 1. The van der Waals surface area contributed by atoms with Crippen LogP contribution in [0.1, 0.15) is 6.92 Å². The zero-order chi connectivity index (χ0) is 11.0. The van der Waals surface area contributed by atoms with E-state index in [9.17, 15) is 9.90 Å². The molecule has 2 unspecified atom stereocenters. The quantitative estimate of drug-likeness (QED) is 0.507. The third-order valence-electron chi connectivity index (χ3n) is 1.88. The number of aliphatic imine (C=N–C) groups is 1. The molecule has 2 N–H and O–H groups in total. The molecule has 0 spiro atoms. The minimum absolute atomic E-state index is 0.259. The number of aliphatic hydroxyl groups excluding tert-OH is 1. The summed E-state index contributed by atoms with van der Waals surface area (Å²) in [5.74, 6) is 0.00249. The average molecular weight is 244 g/mol. The first-order chi connectivity index (χ1) is 7.06. The topological polar surface area (TPSA) is 70.9 Å². The van der Waals surface area contributed by atoms with Gasteiger partial charge in [-0.05, 0) is 6.92 Å². The van der Waals surface area contributed by atoms with Gasteiger partial charge in [-0.25, -0.2) is 4.99 Å². The van der Waals surface area contributed by atoms with Crippen molar-refractivity contribution in [2.24, 2.45) is 4.99 Å². The number of aliphatic hydroxyl groups is 1. The molecule has 0 aliphatic carbocycles. The molecule has 0 aromatic heterocycles. The summed E-state index contributed by atoms with van der Waals surface area (Å²) in [6.07, 6.45) is 0.239. The minimum Gasteiger partial charge on any atom is -0.470 e. The second kappa shape index (κ2) is 3.92. The summed E-state index contributed by atoms with van der Waals surface area (Å²) in [5.41, 5.74) is 0. The molecule has 80 valence electrons. The summed E-state index contributed by atoms with van der Waals surface area (Å²) >= 11 is 5.97. The van der Waals surface area contributed by atoms with E-state index in [4.69, 9.17) is 17.0 Å². The van der Waals surface area contributed by atoms with Crippen molar-refractivity contribution in [2.75, 3.05) is 0 Å². The Morgan fingerprint density at radius 3 is 2.93 bits per heavy atom. The smallest absolute Gasteiger partial charge is 0.263 e. The number of hydrogen-bond acceptors (Lipinski definition) is 6. The fourth-order valence-corrected chi connectivity index (χ4v) is 2.13. The fraction of sp³-hybridized carbons (Fsp3) is 0.375. The van der Waals surface area contributed by atoms with Crippen LogP contribution in [0.3, 0.4) is 0 Å². The van der Waals surface area contributed by atoms with Gasteiger partial charge in [-0.2, -0.15) is 0 Å². The average Bonchev–Trinajstić information content (AvgIpc) is 2.59. The van der Waals surface area contributed by atoms with Crippen LogP contribution in [-0.4, -0.2) is 33.6 Å². The first-order valence-electron chi connectivity index (χ1n) is 4.23. The highest BCUT2D eigenvalue weighted by Crippen LogP contribution is 2.24. The van der Waals surface area contributed by atoms with Crippen LogP contribution in [0.2, 0.25) is 0 Å². The predicted octanol–water partition coefficient (Wildman–Crippen LogP) is 0.154. The maximum atomic E-state index is 11.3. The molecular weight excluding hydrogens is 236 g/mol. The summed E-state index contributed by atoms with van der Waals surface area (Å²) in [6, 6.07) is 0. The van der Waals surface area contributed by atoms with E-state index >= 15 is 0 Å². The number of thiocarbonyl (C=S) groups is 1. The molecule has 0 saturated carbocycles. The van der Waals surface area contributed by atoms with Gasteiger partial charge in [0.2, 0.25) is 5.90 Å². The van der Waals surface area contributed by atoms with Crippen LogP contribution < -0.4 is 5.32 Å². The Hall–Kier alpha value is -0.920. The first-order valence-corrected chi connectivity index (χ1v) is 5.46. The first kappa shape index (κ1) is 10.6. The second-order valence-corrected chi connectivity index (χ2v) is 4.78. The Morgan fingerprint density at radius 2 is 2.47 bits per heavy atom. The maximum Gasteiger partial charge on any atom is 0.263 e. The third kappa shape index (κ3) is 2.19. The van der Waals surface area contributed by atoms with Gasteiger partial charge in [-0.15, -0.1) is 0 Å². The number of amides is 1. The van der Waals surface area contributed by atoms with Crippen LogP contribution in [0.5, 0.6) is 0 Å². The number of hydrogen-bond donors (Lipinski definition) is 2. The van der Waals surface area contributed by atoms with Crippen molar-refractivity contribution in [2.45, 2.75) is 19.3 Å². The number of carbonyl (C=O) groups excluding carboxylic acids is 1. The van der Waals surface area contributed by atoms with Crippen LogP contribution in [0.4, 0.5) is 0 Å². The van der Waals surface area contributed by atoms with E-state index in [2.05, 4.69) is 10.3 Å². The van der Waals surface area contributed by atoms with Crippen molar-refractivity contribution < 1.29 is 14.6 Å². The molecule has 2 aliphatic rings. The Balaban J connectivity index is 2.15. The van der Waals surface area contributed by atoms with Crippen molar-refractivity contribution in [3.05, 3.63) is 11.0 Å². The lowest BCUT2D eigenvalue weighted by molar-refractivity contribution is -0.115. The molecule has 0 bridgehead atoms. The number of rotatable bonds is 1. The minimum atomic E-state index is -0.863. The molecule has 0 radical (unpaired) electrons. The summed E-state index contributed by atoms with van der Waals surface area (Å²) in [4.78, 5) is 15.5. The van der Waals surface area contributed by atoms with Gasteiger partial charge in [0.1, 0.15) is 10.4 Å². The van der Waals surface area contributed by atoms with Crippen molar-refractivity contribution in [1.82, 2.24) is 5.32 Å². The van der Waals surface area contributed by atoms with E-state index < -0.39 is 6.23 Å². The van der Waals surface area contributed by atoms with Gasteiger partial charge >= 0.3 is 0 Å². The highest BCUT2D eigenvalue weighted by molar-refractivity contribution is 8.26. The lowest BCUT2D eigenvalue weighted by Gasteiger charge is -2.04. The lowest BCUT2D eigenvalue weighted by Crippen LogP contribution is -2.18. The fourth-order valence-electron chi connectivity index (χ4n) is 1.12. The predicted molar refractivity (Wildman–Crippen MR) is 60.4 cm³/mol. The Labute approximate surface area is 95.6 Å². The molecule has 2 atom stereocenters. The van der Waals surface area contributed by atoms with Gasteiger partial charge in [0.25, 0.3) is 5.91 Å². The van der Waals surface area contributed by atoms with E-state index in [1.165, 1.54) is 6.08 Å². The van der Waals surface area contributed by atoms with Crippen LogP contribution in [0.25, 0.3) is 0 Å². The molecule has 1 amide bonds. The SMILES string of the molecule is CC1OC(/C=C2\SC(=S)NC2=O)=NC1O. The molecule has 2 rings (SSSR count). The largest absolute Gasteiger partial charge is 0.470 e. The monoisotopic (exact) mass is 244 g/mol. The second-order valence-electron chi connectivity index (χ2n) is 3.06. The summed E-state index contributed by atoms with van der Waals surface area (Å²) in [5, 5.41) is 11.8. The summed E-state index contributed by atoms with van der Waals surface area (Å²) in [6.45, 7) is 1.70. The Kier molecular flexibility index (Phi) is 2.76. The molecule has 2 aliphatic heterocycles. The standard InChI is InChI=1S/C8H8N2O3S2/c1-3-6(11)9-5(13-3)2-4-7(12)10-8(14)15-4/h2-3,6,11H,1H3,(H,10,12,14)/b4-2-. The van der Waals surface area contributed by atoms with Gasteiger partial charge in [0, 0.05) is 6.08 Å². The number of nitrogens with zero attached hydrogens (tertiary/aromatic N) is 1. The molecule has 1 fully saturated rings. The van der Waals surface area contributed by atoms with Crippen molar-refractivity contribution in [3.63, 3.8) is 0 Å². The maximum absolute atomic E-state index is 11.3. The van der Waals surface area contributed by atoms with Crippen molar-refractivity contribution in [3.8, 4) is 0 Å². The molecule has 1 saturated heterocycles. The molecule has 2 heterocycles. The number of thioether (sulfide) groups is 1. The summed E-state index contributed by atoms with van der Waals surface area (Å²) in [7, 11) is 0. The van der Waals surface area contributed by atoms with Crippen molar-refractivity contribution >= 4 is 40.1 Å². The van der Waals surface area contributed by atoms with Crippen LogP contribution in [-0.2, 0) is 9.53 Å². The lowest BCUT2D eigenvalue weighted by atomic mass is 10.4. The van der Waals surface area contributed by atoms with E-state index in [1.807, 2.05) is 0 Å². The Bertz CT molecular complexity index is 391. The molecule has 0 aromatic rings. The van der Waals surface area contributed by atoms with Gasteiger partial charge in [-0.3, -0.25) is 4.79 Å². The number of carbonyl (C=O) groups is 1. The summed E-state index contributed by atoms with van der Waals surface area (Å²) < 4.78 is 5.62.